The minimum Gasteiger partial charge on any atom is -0.355 e. The largest absolute Gasteiger partial charge is 0.355 e. The molecule has 1 aromatic carbocycles. The molecule has 2 aromatic heterocycles. The fourth-order valence-corrected chi connectivity index (χ4v) is 2.56. The Kier molecular flexibility index (Phi) is 4.54. The summed E-state index contributed by atoms with van der Waals surface area (Å²) in [6, 6.07) is 8.03. The molecule has 0 bridgehead atoms. The zero-order valence-electron chi connectivity index (χ0n) is 14.1. The van der Waals surface area contributed by atoms with E-state index in [0.717, 1.165) is 12.3 Å². The minimum absolute atomic E-state index is 0.160. The summed E-state index contributed by atoms with van der Waals surface area (Å²) in [7, 11) is 0. The number of carbonyl (C=O) groups is 1. The van der Waals surface area contributed by atoms with Crippen LogP contribution in [0.4, 0.5) is 8.78 Å². The molecule has 7 nitrogen and oxygen atoms in total. The van der Waals surface area contributed by atoms with Crippen molar-refractivity contribution < 1.29 is 18.1 Å². The zero-order valence-corrected chi connectivity index (χ0v) is 14.1. The highest BCUT2D eigenvalue weighted by molar-refractivity contribution is 5.80. The summed E-state index contributed by atoms with van der Waals surface area (Å²) in [6.07, 6.45) is -1.64. The molecule has 0 aliphatic rings. The molecule has 0 radical (unpaired) electrons. The Morgan fingerprint density at radius 2 is 2.08 bits per heavy atom. The topological polar surface area (TPSA) is 90.0 Å². The van der Waals surface area contributed by atoms with Gasteiger partial charge in [-0.1, -0.05) is 17.3 Å². The van der Waals surface area contributed by atoms with Crippen molar-refractivity contribution in [3.63, 3.8) is 0 Å². The van der Waals surface area contributed by atoms with Crippen molar-refractivity contribution in [1.29, 1.82) is 0 Å². The highest BCUT2D eigenvalue weighted by atomic mass is 19.3. The summed E-state index contributed by atoms with van der Waals surface area (Å²) < 4.78 is 31.2. The fraction of sp³-hybridized carbons (Fsp3) is 0.294. The lowest BCUT2D eigenvalue weighted by Gasteiger charge is -2.24. The van der Waals surface area contributed by atoms with Crippen molar-refractivity contribution in [3.05, 3.63) is 58.3 Å². The first-order chi connectivity index (χ1) is 12.3. The van der Waals surface area contributed by atoms with Crippen LogP contribution < -0.4 is 10.9 Å². The number of aromatic nitrogens is 3. The second-order valence-electron chi connectivity index (χ2n) is 6.26. The molecule has 1 N–H and O–H groups in total. The van der Waals surface area contributed by atoms with Crippen LogP contribution in [0.1, 0.15) is 31.7 Å². The molecule has 0 atom stereocenters. The van der Waals surface area contributed by atoms with Crippen LogP contribution in [-0.2, 0) is 16.9 Å². The van der Waals surface area contributed by atoms with Gasteiger partial charge >= 0.3 is 0 Å². The predicted molar refractivity (Wildman–Crippen MR) is 88.6 cm³/mol. The number of alkyl halides is 2. The predicted octanol–water partition coefficient (Wildman–Crippen LogP) is 2.37. The summed E-state index contributed by atoms with van der Waals surface area (Å²) in [5, 5.41) is 6.27. The number of amides is 1. The lowest BCUT2D eigenvalue weighted by molar-refractivity contribution is -0.123. The molecular weight excluding hydrogens is 346 g/mol. The van der Waals surface area contributed by atoms with E-state index in [0.29, 0.717) is 11.0 Å². The Bertz CT molecular complexity index is 1010. The van der Waals surface area contributed by atoms with Gasteiger partial charge in [0.15, 0.2) is 0 Å². The average Bonchev–Trinajstić information content (AvgIpc) is 3.08. The van der Waals surface area contributed by atoms with E-state index in [9.17, 15) is 18.4 Å². The van der Waals surface area contributed by atoms with Crippen molar-refractivity contribution >= 4 is 16.9 Å². The van der Waals surface area contributed by atoms with Gasteiger partial charge in [0.2, 0.25) is 11.7 Å². The second-order valence-corrected chi connectivity index (χ2v) is 6.26. The number of benzene rings is 1. The maximum absolute atomic E-state index is 12.6. The number of halogens is 2. The molecule has 0 spiro atoms. The van der Waals surface area contributed by atoms with Crippen LogP contribution in [0.2, 0.25) is 0 Å². The molecule has 9 heteroatoms. The number of carbonyl (C=O) groups excluding carboxylic acids is 1. The minimum atomic E-state index is -2.79. The highest BCUT2D eigenvalue weighted by Crippen LogP contribution is 2.25. The molecule has 0 saturated heterocycles. The molecule has 0 fully saturated rings. The number of nitrogens with one attached hydrogen (secondary N) is 1. The third-order valence-corrected chi connectivity index (χ3v) is 3.89. The van der Waals surface area contributed by atoms with Crippen molar-refractivity contribution in [1.82, 2.24) is 20.0 Å². The smallest absolute Gasteiger partial charge is 0.298 e. The third-order valence-electron chi connectivity index (χ3n) is 3.89. The van der Waals surface area contributed by atoms with Crippen LogP contribution in [0.15, 0.2) is 45.8 Å². The zero-order chi connectivity index (χ0) is 18.9. The first kappa shape index (κ1) is 17.7. The fourth-order valence-electron chi connectivity index (χ4n) is 2.56. The normalized spacial score (nSPS) is 11.9. The standard InChI is InChI=1S/C17H16F2N4O3/c1-17(2,13-7-12(16(18)19)26-22-13)21-14(24)9-23-11-6-4-3-5-10(11)20-8-15(23)25/h3-8,16H,9H2,1-2H3,(H,21,24). The van der Waals surface area contributed by atoms with Crippen molar-refractivity contribution in [2.45, 2.75) is 32.4 Å². The summed E-state index contributed by atoms with van der Waals surface area (Å²) in [5.41, 5.74) is -0.210. The molecule has 0 aliphatic carbocycles. The number of para-hydroxylation sites is 2. The van der Waals surface area contributed by atoms with Gasteiger partial charge in [0.05, 0.1) is 22.8 Å². The Morgan fingerprint density at radius 1 is 1.35 bits per heavy atom. The summed E-state index contributed by atoms with van der Waals surface area (Å²) >= 11 is 0. The van der Waals surface area contributed by atoms with Crippen LogP contribution >= 0.6 is 0 Å². The number of hydrogen-bond acceptors (Lipinski definition) is 5. The molecule has 1 amide bonds. The monoisotopic (exact) mass is 362 g/mol. The first-order valence-corrected chi connectivity index (χ1v) is 7.79. The van der Waals surface area contributed by atoms with E-state index in [1.54, 1.807) is 38.1 Å². The molecule has 26 heavy (non-hydrogen) atoms. The van der Waals surface area contributed by atoms with Crippen molar-refractivity contribution in [3.8, 4) is 0 Å². The van der Waals surface area contributed by atoms with Gasteiger partial charge in [0.25, 0.3) is 12.0 Å². The number of rotatable bonds is 5. The number of nitrogens with zero attached hydrogens (tertiary/aromatic N) is 3. The summed E-state index contributed by atoms with van der Waals surface area (Å²) in [6.45, 7) is 2.96. The van der Waals surface area contributed by atoms with E-state index in [2.05, 4.69) is 20.0 Å². The molecule has 0 aliphatic heterocycles. The van der Waals surface area contributed by atoms with E-state index in [4.69, 9.17) is 0 Å². The van der Waals surface area contributed by atoms with E-state index in [-0.39, 0.29) is 12.2 Å². The van der Waals surface area contributed by atoms with Crippen LogP contribution in [0.25, 0.3) is 11.0 Å². The van der Waals surface area contributed by atoms with Gasteiger partial charge in [0.1, 0.15) is 12.2 Å². The maximum Gasteiger partial charge on any atom is 0.298 e. The molecular formula is C17H16F2N4O3. The quantitative estimate of drug-likeness (QED) is 0.753. The SMILES string of the molecule is CC(C)(NC(=O)Cn1c(=O)cnc2ccccc21)c1cc(C(F)F)on1. The Balaban J connectivity index is 1.82. The Morgan fingerprint density at radius 3 is 2.77 bits per heavy atom. The van der Waals surface area contributed by atoms with Gasteiger partial charge in [-0.15, -0.1) is 0 Å². The number of hydrogen-bond donors (Lipinski definition) is 1. The van der Waals surface area contributed by atoms with E-state index in [1.807, 2.05) is 0 Å². The van der Waals surface area contributed by atoms with Gasteiger partial charge in [0, 0.05) is 6.07 Å². The second kappa shape index (κ2) is 6.66. The highest BCUT2D eigenvalue weighted by Gasteiger charge is 2.28. The summed E-state index contributed by atoms with van der Waals surface area (Å²) in [4.78, 5) is 28.6. The first-order valence-electron chi connectivity index (χ1n) is 7.79. The van der Waals surface area contributed by atoms with E-state index in [1.165, 1.54) is 4.57 Å². The van der Waals surface area contributed by atoms with Gasteiger partial charge < -0.3 is 9.84 Å². The van der Waals surface area contributed by atoms with E-state index >= 15 is 0 Å². The van der Waals surface area contributed by atoms with Gasteiger partial charge in [-0.05, 0) is 26.0 Å². The van der Waals surface area contributed by atoms with Crippen LogP contribution in [0, 0.1) is 0 Å². The van der Waals surface area contributed by atoms with Gasteiger partial charge in [-0.3, -0.25) is 14.2 Å². The van der Waals surface area contributed by atoms with Crippen molar-refractivity contribution in [2.75, 3.05) is 0 Å². The van der Waals surface area contributed by atoms with Gasteiger partial charge in [-0.2, -0.15) is 0 Å². The number of fused-ring (bicyclic) bond motifs is 1. The van der Waals surface area contributed by atoms with Gasteiger partial charge in [-0.25, -0.2) is 13.8 Å². The molecule has 0 saturated carbocycles. The van der Waals surface area contributed by atoms with Crippen LogP contribution in [-0.4, -0.2) is 20.6 Å². The lowest BCUT2D eigenvalue weighted by atomic mass is 10.0. The molecule has 3 aromatic rings. The molecule has 0 unspecified atom stereocenters. The average molecular weight is 362 g/mol. The molecule has 3 rings (SSSR count). The lowest BCUT2D eigenvalue weighted by Crippen LogP contribution is -2.44. The van der Waals surface area contributed by atoms with Crippen LogP contribution in [0.3, 0.4) is 0 Å². The Hall–Kier alpha value is -3.10. The maximum atomic E-state index is 12.6. The molecule has 136 valence electrons. The van der Waals surface area contributed by atoms with Crippen molar-refractivity contribution in [2.24, 2.45) is 0 Å². The Labute approximate surface area is 146 Å². The third kappa shape index (κ3) is 3.46. The van der Waals surface area contributed by atoms with Crippen LogP contribution in [0.5, 0.6) is 0 Å². The van der Waals surface area contributed by atoms with E-state index < -0.39 is 29.2 Å². The molecule has 2 heterocycles. The summed E-state index contributed by atoms with van der Waals surface area (Å²) in [5.74, 6) is -1.05.